The minimum atomic E-state index is -1.01. The number of Topliss-reactive ketones (excluding diaryl/α,β-unsaturated/α-hetero) is 2. The van der Waals surface area contributed by atoms with E-state index in [1.165, 1.54) is 7.11 Å². The Bertz CT molecular complexity index is 1080. The number of ether oxygens (including phenoxy) is 3. The second kappa shape index (κ2) is 8.60. The van der Waals surface area contributed by atoms with Crippen LogP contribution in [0.1, 0.15) is 23.8 Å². The predicted octanol–water partition coefficient (Wildman–Crippen LogP) is 3.33. The van der Waals surface area contributed by atoms with E-state index in [9.17, 15) is 14.4 Å². The van der Waals surface area contributed by atoms with Gasteiger partial charge in [-0.25, -0.2) is 4.79 Å². The summed E-state index contributed by atoms with van der Waals surface area (Å²) < 4.78 is 17.0. The Hall–Kier alpha value is -3.61. The van der Waals surface area contributed by atoms with Crippen molar-refractivity contribution in [3.8, 4) is 22.6 Å². The number of pyridine rings is 1. The number of ketones is 2. The van der Waals surface area contributed by atoms with Gasteiger partial charge in [0.05, 0.1) is 32.9 Å². The van der Waals surface area contributed by atoms with Crippen LogP contribution in [0.3, 0.4) is 0 Å². The fourth-order valence-electron chi connectivity index (χ4n) is 3.15. The van der Waals surface area contributed by atoms with Crippen molar-refractivity contribution < 1.29 is 28.6 Å². The van der Waals surface area contributed by atoms with Crippen LogP contribution >= 0.6 is 0 Å². The molecular weight excluding hydrogens is 374 g/mol. The number of hydrogen-bond donors (Lipinski definition) is 0. The molecule has 3 aromatic rings. The number of aromatic nitrogens is 1. The summed E-state index contributed by atoms with van der Waals surface area (Å²) in [4.78, 5) is 36.7. The highest BCUT2D eigenvalue weighted by molar-refractivity contribution is 6.38. The number of methoxy groups -OCH3 is 2. The molecule has 0 N–H and O–H groups in total. The van der Waals surface area contributed by atoms with Gasteiger partial charge in [-0.2, -0.15) is 0 Å². The normalized spacial score (nSPS) is 10.6. The zero-order valence-electron chi connectivity index (χ0n) is 16.4. The molecule has 0 atom stereocenters. The molecule has 7 heteroatoms. The molecule has 0 bridgehead atoms. The van der Waals surface area contributed by atoms with E-state index in [4.69, 9.17) is 14.2 Å². The van der Waals surface area contributed by atoms with Crippen molar-refractivity contribution in [2.75, 3.05) is 20.8 Å². The third kappa shape index (κ3) is 3.99. The van der Waals surface area contributed by atoms with Crippen LogP contribution in [0, 0.1) is 0 Å². The van der Waals surface area contributed by atoms with Crippen LogP contribution in [-0.4, -0.2) is 42.8 Å². The third-order valence-corrected chi connectivity index (χ3v) is 4.46. The molecule has 29 heavy (non-hydrogen) atoms. The summed E-state index contributed by atoms with van der Waals surface area (Å²) in [6.07, 6.45) is 1.17. The van der Waals surface area contributed by atoms with E-state index in [0.29, 0.717) is 22.8 Å². The van der Waals surface area contributed by atoms with Crippen molar-refractivity contribution in [2.24, 2.45) is 0 Å². The molecule has 0 radical (unpaired) electrons. The smallest absolute Gasteiger partial charge is 0.375 e. The molecule has 7 nitrogen and oxygen atoms in total. The molecule has 0 spiro atoms. The summed E-state index contributed by atoms with van der Waals surface area (Å²) in [7, 11) is 3.07. The lowest BCUT2D eigenvalue weighted by Gasteiger charge is -2.10. The lowest BCUT2D eigenvalue weighted by atomic mass is 10.0. The highest BCUT2D eigenvalue weighted by atomic mass is 16.5. The fraction of sp³-hybridized carbons (Fsp3) is 0.227. The topological polar surface area (TPSA) is 83.3 Å². The highest BCUT2D eigenvalue weighted by Crippen LogP contribution is 2.35. The first-order valence-corrected chi connectivity index (χ1v) is 9.05. The Morgan fingerprint density at radius 1 is 0.966 bits per heavy atom. The summed E-state index contributed by atoms with van der Waals surface area (Å²) in [5.41, 5.74) is 2.44. The first-order valence-electron chi connectivity index (χ1n) is 9.05. The number of carbonyl (C=O) groups is 3. The van der Waals surface area contributed by atoms with E-state index in [0.717, 1.165) is 11.1 Å². The third-order valence-electron chi connectivity index (χ3n) is 4.46. The number of benzene rings is 1. The average Bonchev–Trinajstić information content (AvgIpc) is 3.13. The summed E-state index contributed by atoms with van der Waals surface area (Å²) in [5.74, 6) is -1.28. The Balaban J connectivity index is 2.08. The van der Waals surface area contributed by atoms with Crippen LogP contribution in [0.4, 0.5) is 0 Å². The van der Waals surface area contributed by atoms with E-state index in [-0.39, 0.29) is 6.61 Å². The van der Waals surface area contributed by atoms with Gasteiger partial charge in [-0.05, 0) is 42.8 Å². The molecule has 0 unspecified atom stereocenters. The van der Waals surface area contributed by atoms with Crippen molar-refractivity contribution >= 4 is 23.1 Å². The molecule has 0 saturated heterocycles. The summed E-state index contributed by atoms with van der Waals surface area (Å²) in [5, 5.41) is 0. The highest BCUT2D eigenvalue weighted by Gasteiger charge is 2.25. The molecule has 0 saturated carbocycles. The number of nitrogens with zero attached hydrogens (tertiary/aromatic N) is 1. The van der Waals surface area contributed by atoms with Gasteiger partial charge < -0.3 is 18.6 Å². The van der Waals surface area contributed by atoms with E-state index in [1.54, 1.807) is 48.9 Å². The van der Waals surface area contributed by atoms with Crippen molar-refractivity contribution in [1.82, 2.24) is 4.40 Å². The summed E-state index contributed by atoms with van der Waals surface area (Å²) in [6, 6.07) is 12.7. The second-order valence-corrected chi connectivity index (χ2v) is 6.22. The molecule has 0 fully saturated rings. The van der Waals surface area contributed by atoms with Gasteiger partial charge in [0.2, 0.25) is 5.78 Å². The van der Waals surface area contributed by atoms with E-state index >= 15 is 0 Å². The maximum Gasteiger partial charge on any atom is 0.375 e. The van der Waals surface area contributed by atoms with Gasteiger partial charge >= 0.3 is 5.97 Å². The van der Waals surface area contributed by atoms with Crippen LogP contribution in [0.15, 0.2) is 48.7 Å². The SMILES string of the molecule is CCOC(=O)C(=O)CC(=O)c1c(-c2ccc(OC)c(OC)c2)cc2ccccn12. The summed E-state index contributed by atoms with van der Waals surface area (Å²) in [6.45, 7) is 1.67. The van der Waals surface area contributed by atoms with Gasteiger partial charge in [-0.15, -0.1) is 0 Å². The number of rotatable bonds is 8. The Labute approximate surface area is 167 Å². The minimum Gasteiger partial charge on any atom is -0.493 e. The van der Waals surface area contributed by atoms with Gasteiger partial charge in [0.1, 0.15) is 0 Å². The van der Waals surface area contributed by atoms with Crippen molar-refractivity contribution in [3.63, 3.8) is 0 Å². The van der Waals surface area contributed by atoms with E-state index < -0.39 is 24.0 Å². The molecule has 2 heterocycles. The maximum atomic E-state index is 13.0. The van der Waals surface area contributed by atoms with Crippen LogP contribution < -0.4 is 9.47 Å². The van der Waals surface area contributed by atoms with Gasteiger partial charge in [-0.1, -0.05) is 12.1 Å². The lowest BCUT2D eigenvalue weighted by molar-refractivity contribution is -0.153. The molecule has 3 rings (SSSR count). The van der Waals surface area contributed by atoms with Crippen LogP contribution in [0.25, 0.3) is 16.6 Å². The predicted molar refractivity (Wildman–Crippen MR) is 107 cm³/mol. The van der Waals surface area contributed by atoms with E-state index in [2.05, 4.69) is 0 Å². The first-order chi connectivity index (χ1) is 14.0. The Kier molecular flexibility index (Phi) is 5.97. The Morgan fingerprint density at radius 3 is 2.41 bits per heavy atom. The fourth-order valence-corrected chi connectivity index (χ4v) is 3.15. The van der Waals surface area contributed by atoms with Crippen LogP contribution in [-0.2, 0) is 14.3 Å². The average molecular weight is 395 g/mol. The van der Waals surface area contributed by atoms with Crippen molar-refractivity contribution in [2.45, 2.75) is 13.3 Å². The molecule has 0 aliphatic rings. The Morgan fingerprint density at radius 2 is 1.72 bits per heavy atom. The van der Waals surface area contributed by atoms with Crippen molar-refractivity contribution in [3.05, 3.63) is 54.4 Å². The van der Waals surface area contributed by atoms with Gasteiger partial charge in [0.25, 0.3) is 0 Å². The zero-order chi connectivity index (χ0) is 21.0. The second-order valence-electron chi connectivity index (χ2n) is 6.22. The molecule has 0 aliphatic heterocycles. The number of carbonyl (C=O) groups excluding carboxylic acids is 3. The van der Waals surface area contributed by atoms with Gasteiger partial charge in [0.15, 0.2) is 17.3 Å². The van der Waals surface area contributed by atoms with Crippen LogP contribution in [0.5, 0.6) is 11.5 Å². The number of fused-ring (bicyclic) bond motifs is 1. The quantitative estimate of drug-likeness (QED) is 0.252. The largest absolute Gasteiger partial charge is 0.493 e. The zero-order valence-corrected chi connectivity index (χ0v) is 16.4. The number of esters is 1. The molecule has 0 aliphatic carbocycles. The van der Waals surface area contributed by atoms with Crippen molar-refractivity contribution in [1.29, 1.82) is 0 Å². The molecule has 1 aromatic carbocycles. The molecule has 2 aromatic heterocycles. The van der Waals surface area contributed by atoms with E-state index in [1.807, 2.05) is 18.2 Å². The number of hydrogen-bond acceptors (Lipinski definition) is 6. The minimum absolute atomic E-state index is 0.0731. The van der Waals surface area contributed by atoms with Gasteiger partial charge in [0, 0.05) is 17.3 Å². The molecule has 150 valence electrons. The monoisotopic (exact) mass is 395 g/mol. The lowest BCUT2D eigenvalue weighted by Crippen LogP contribution is -2.21. The van der Waals surface area contributed by atoms with Gasteiger partial charge in [-0.3, -0.25) is 9.59 Å². The molecular formula is C22H21NO6. The summed E-state index contributed by atoms with van der Waals surface area (Å²) >= 11 is 0. The first kappa shape index (κ1) is 20.1. The standard InChI is InChI=1S/C22H21NO6/c1-4-29-22(26)18(25)13-17(24)21-16(12-15-7-5-6-10-23(15)21)14-8-9-19(27-2)20(11-14)28-3/h5-12H,4,13H2,1-3H3. The maximum absolute atomic E-state index is 13.0. The molecule has 0 amide bonds. The van der Waals surface area contributed by atoms with Crippen LogP contribution in [0.2, 0.25) is 0 Å².